The van der Waals surface area contributed by atoms with Crippen molar-refractivity contribution in [1.82, 2.24) is 15.0 Å². The van der Waals surface area contributed by atoms with Crippen molar-refractivity contribution in [3.63, 3.8) is 0 Å². The second kappa shape index (κ2) is 14.7. The average Bonchev–Trinajstić information content (AvgIpc) is 3.84. The summed E-state index contributed by atoms with van der Waals surface area (Å²) in [5.74, 6) is 2.28. The molecule has 6 nitrogen and oxygen atoms in total. The van der Waals surface area contributed by atoms with Crippen molar-refractivity contribution in [1.29, 1.82) is 0 Å². The highest BCUT2D eigenvalue weighted by Crippen LogP contribution is 2.46. The van der Waals surface area contributed by atoms with Crippen molar-refractivity contribution >= 4 is 55.5 Å². The zero-order valence-electron chi connectivity index (χ0n) is 31.7. The van der Waals surface area contributed by atoms with Crippen molar-refractivity contribution in [3.05, 3.63) is 212 Å². The van der Waals surface area contributed by atoms with E-state index in [1.807, 2.05) is 91.9 Å². The molecule has 0 saturated heterocycles. The van der Waals surface area contributed by atoms with Crippen LogP contribution in [0.2, 0.25) is 0 Å². The molecule has 0 saturated carbocycles. The van der Waals surface area contributed by atoms with E-state index in [1.165, 1.54) is 5.56 Å². The molecule has 58 heavy (non-hydrogen) atoms. The van der Waals surface area contributed by atoms with Crippen molar-refractivity contribution in [2.24, 2.45) is 0 Å². The van der Waals surface area contributed by atoms with Gasteiger partial charge in [-0.05, 0) is 66.6 Å². The molecule has 6 heteroatoms. The minimum atomic E-state index is 0.485. The monoisotopic (exact) mass is 748 g/mol. The third-order valence-electron chi connectivity index (χ3n) is 10.5. The van der Waals surface area contributed by atoms with E-state index in [4.69, 9.17) is 23.8 Å². The third-order valence-corrected chi connectivity index (χ3v) is 10.5. The van der Waals surface area contributed by atoms with Crippen molar-refractivity contribution in [3.8, 4) is 33.9 Å². The zero-order chi connectivity index (χ0) is 39.0. The van der Waals surface area contributed by atoms with Crippen LogP contribution in [0.25, 0.3) is 72.4 Å². The fourth-order valence-electron chi connectivity index (χ4n) is 7.83. The van der Waals surface area contributed by atoms with Crippen molar-refractivity contribution in [2.45, 2.75) is 6.92 Å². The minimum Gasteiger partial charge on any atom is -0.461 e. The van der Waals surface area contributed by atoms with E-state index in [1.54, 1.807) is 6.08 Å². The SMILES string of the molecule is C=C/C=C(/c1nc(-c2ccccc2)nc(-c2ccc(N(c3ccccc3)c3ccc(-c4ccccc4)cc3)c3c2oc2ccccc23)n1)c1c(C)oc2ccccc12. The number of para-hydroxylation sites is 3. The van der Waals surface area contributed by atoms with Crippen molar-refractivity contribution < 1.29 is 8.83 Å². The summed E-state index contributed by atoms with van der Waals surface area (Å²) in [5.41, 5.74) is 10.9. The second-order valence-corrected chi connectivity index (χ2v) is 14.0. The average molecular weight is 749 g/mol. The number of nitrogens with zero attached hydrogens (tertiary/aromatic N) is 4. The number of fused-ring (bicyclic) bond motifs is 4. The van der Waals surface area contributed by atoms with E-state index < -0.39 is 0 Å². The Hall–Kier alpha value is -7.83. The number of hydrogen-bond donors (Lipinski definition) is 0. The van der Waals surface area contributed by atoms with Gasteiger partial charge in [-0.15, -0.1) is 0 Å². The molecule has 0 bridgehead atoms. The number of aromatic nitrogens is 3. The molecular weight excluding hydrogens is 713 g/mol. The van der Waals surface area contributed by atoms with Gasteiger partial charge in [-0.3, -0.25) is 0 Å². The molecule has 0 N–H and O–H groups in total. The number of furan rings is 2. The molecular formula is C52H36N4O2. The van der Waals surface area contributed by atoms with Gasteiger partial charge in [0.2, 0.25) is 0 Å². The van der Waals surface area contributed by atoms with Crippen LogP contribution >= 0.6 is 0 Å². The second-order valence-electron chi connectivity index (χ2n) is 14.0. The first-order valence-corrected chi connectivity index (χ1v) is 19.2. The first-order valence-electron chi connectivity index (χ1n) is 19.2. The summed E-state index contributed by atoms with van der Waals surface area (Å²) in [6.45, 7) is 6.04. The fourth-order valence-corrected chi connectivity index (χ4v) is 7.83. The summed E-state index contributed by atoms with van der Waals surface area (Å²) >= 11 is 0. The van der Waals surface area contributed by atoms with Gasteiger partial charge in [0.05, 0.1) is 16.6 Å². The molecule has 0 aliphatic rings. The van der Waals surface area contributed by atoms with Crippen molar-refractivity contribution in [2.75, 3.05) is 4.90 Å². The Kier molecular flexibility index (Phi) is 8.77. The molecule has 0 unspecified atom stereocenters. The number of allylic oxidation sites excluding steroid dienone is 2. The third kappa shape index (κ3) is 6.14. The number of rotatable bonds is 9. The van der Waals surface area contributed by atoms with Crippen LogP contribution in [0.4, 0.5) is 17.1 Å². The quantitative estimate of drug-likeness (QED) is 0.137. The first kappa shape index (κ1) is 34.6. The smallest absolute Gasteiger partial charge is 0.167 e. The summed E-state index contributed by atoms with van der Waals surface area (Å²) in [5, 5.41) is 2.91. The molecule has 3 heterocycles. The van der Waals surface area contributed by atoms with E-state index in [2.05, 4.69) is 109 Å². The molecule has 276 valence electrons. The van der Waals surface area contributed by atoms with Crippen LogP contribution in [-0.4, -0.2) is 15.0 Å². The van der Waals surface area contributed by atoms with E-state index in [-0.39, 0.29) is 0 Å². The largest absolute Gasteiger partial charge is 0.461 e. The molecule has 7 aromatic carbocycles. The highest BCUT2D eigenvalue weighted by atomic mass is 16.3. The zero-order valence-corrected chi connectivity index (χ0v) is 31.7. The van der Waals surface area contributed by atoms with Crippen LogP contribution in [0, 0.1) is 6.92 Å². The Morgan fingerprint density at radius 2 is 1.10 bits per heavy atom. The summed E-state index contributed by atoms with van der Waals surface area (Å²) < 4.78 is 13.1. The maximum Gasteiger partial charge on any atom is 0.167 e. The molecule has 0 amide bonds. The highest BCUT2D eigenvalue weighted by Gasteiger charge is 2.25. The number of benzene rings is 7. The summed E-state index contributed by atoms with van der Waals surface area (Å²) in [4.78, 5) is 17.8. The Labute approximate surface area is 335 Å². The fraction of sp³-hybridized carbons (Fsp3) is 0.0192. The predicted octanol–water partition coefficient (Wildman–Crippen LogP) is 13.9. The van der Waals surface area contributed by atoms with Crippen LogP contribution in [-0.2, 0) is 0 Å². The highest BCUT2D eigenvalue weighted by molar-refractivity contribution is 6.16. The lowest BCUT2D eigenvalue weighted by Gasteiger charge is -2.26. The van der Waals surface area contributed by atoms with Gasteiger partial charge in [-0.25, -0.2) is 15.0 Å². The predicted molar refractivity (Wildman–Crippen MR) is 236 cm³/mol. The molecule has 0 aliphatic heterocycles. The van der Waals surface area contributed by atoms with Crippen LogP contribution in [0.5, 0.6) is 0 Å². The van der Waals surface area contributed by atoms with Gasteiger partial charge in [-0.2, -0.15) is 0 Å². The molecule has 10 rings (SSSR count). The Morgan fingerprint density at radius 3 is 1.81 bits per heavy atom. The van der Waals surface area contributed by atoms with Crippen LogP contribution < -0.4 is 4.90 Å². The van der Waals surface area contributed by atoms with Gasteiger partial charge in [0.15, 0.2) is 17.5 Å². The molecule has 0 aliphatic carbocycles. The number of anilines is 3. The molecule has 0 spiro atoms. The summed E-state index contributed by atoms with van der Waals surface area (Å²) in [6.07, 6.45) is 3.71. The van der Waals surface area contributed by atoms with Crippen LogP contribution in [0.15, 0.2) is 203 Å². The molecule has 3 aromatic heterocycles. The Balaban J connectivity index is 1.21. The summed E-state index contributed by atoms with van der Waals surface area (Å²) in [7, 11) is 0. The Bertz CT molecular complexity index is 3130. The number of hydrogen-bond acceptors (Lipinski definition) is 6. The van der Waals surface area contributed by atoms with E-state index >= 15 is 0 Å². The standard InChI is InChI=1S/C52H36N4O2/c1-3-17-42(47-34(2)57-45-26-15-13-24-40(45)47)51-53-50(37-20-9-5-10-21-37)54-52(55-51)43-32-33-44(48-41-25-14-16-27-46(41)58-49(43)48)56(38-22-11-6-12-23-38)39-30-28-36(29-31-39)35-18-7-4-8-19-35/h3-33H,1H2,2H3/b42-17+. The van der Waals surface area contributed by atoms with Gasteiger partial charge >= 0.3 is 0 Å². The summed E-state index contributed by atoms with van der Waals surface area (Å²) in [6, 6.07) is 60.0. The Morgan fingerprint density at radius 1 is 0.534 bits per heavy atom. The van der Waals surface area contributed by atoms with Gasteiger partial charge in [0.1, 0.15) is 22.5 Å². The van der Waals surface area contributed by atoms with E-state index in [9.17, 15) is 0 Å². The lowest BCUT2D eigenvalue weighted by Crippen LogP contribution is -2.10. The molecule has 0 fully saturated rings. The number of aryl methyl sites for hydroxylation is 1. The molecule has 10 aromatic rings. The van der Waals surface area contributed by atoms with Crippen LogP contribution in [0.3, 0.4) is 0 Å². The lowest BCUT2D eigenvalue weighted by atomic mass is 10.0. The maximum absolute atomic E-state index is 6.85. The van der Waals surface area contributed by atoms with Gasteiger partial charge in [0, 0.05) is 38.8 Å². The maximum atomic E-state index is 6.85. The van der Waals surface area contributed by atoms with E-state index in [0.29, 0.717) is 23.1 Å². The van der Waals surface area contributed by atoms with Crippen LogP contribution in [0.1, 0.15) is 17.1 Å². The normalized spacial score (nSPS) is 11.7. The molecule has 0 radical (unpaired) electrons. The van der Waals surface area contributed by atoms with E-state index in [0.717, 1.165) is 78.0 Å². The lowest BCUT2D eigenvalue weighted by molar-refractivity contribution is 0.577. The first-order chi connectivity index (χ1) is 28.6. The minimum absolute atomic E-state index is 0.485. The molecule has 0 atom stereocenters. The van der Waals surface area contributed by atoms with Gasteiger partial charge in [-0.1, -0.05) is 146 Å². The van der Waals surface area contributed by atoms with Gasteiger partial charge in [0.25, 0.3) is 0 Å². The topological polar surface area (TPSA) is 68.2 Å². The van der Waals surface area contributed by atoms with Gasteiger partial charge < -0.3 is 13.7 Å².